The first-order valence-corrected chi connectivity index (χ1v) is 8.85. The van der Waals surface area contributed by atoms with Crippen LogP contribution in [0.2, 0.25) is 0 Å². The average Bonchev–Trinajstić information content (AvgIpc) is 2.61. The number of aryl methyl sites for hydroxylation is 2. The second-order valence-electron chi connectivity index (χ2n) is 6.84. The number of piperazine rings is 1. The Hall–Kier alpha value is -2.14. The van der Waals surface area contributed by atoms with Crippen LogP contribution < -0.4 is 9.80 Å². The summed E-state index contributed by atoms with van der Waals surface area (Å²) in [6, 6.07) is 10.8. The van der Waals surface area contributed by atoms with E-state index >= 15 is 0 Å². The maximum absolute atomic E-state index is 4.93. The number of anilines is 3. The molecular weight excluding hydrogens is 298 g/mol. The van der Waals surface area contributed by atoms with Crippen LogP contribution in [0.5, 0.6) is 0 Å². The third kappa shape index (κ3) is 2.96. The van der Waals surface area contributed by atoms with Gasteiger partial charge in [-0.1, -0.05) is 18.2 Å². The number of nitrogens with zero attached hydrogens (tertiary/aromatic N) is 5. The number of likely N-dealkylation sites (N-methyl/N-ethyl adjacent to an activating group) is 1. The van der Waals surface area contributed by atoms with E-state index in [4.69, 9.17) is 9.97 Å². The first kappa shape index (κ1) is 15.4. The summed E-state index contributed by atoms with van der Waals surface area (Å²) in [6.07, 6.45) is 2.33. The van der Waals surface area contributed by atoms with Gasteiger partial charge in [-0.05, 0) is 38.4 Å². The molecule has 0 atom stereocenters. The Balaban J connectivity index is 1.67. The van der Waals surface area contributed by atoms with Crippen LogP contribution in [0.1, 0.15) is 17.7 Å². The summed E-state index contributed by atoms with van der Waals surface area (Å²) in [4.78, 5) is 16.7. The van der Waals surface area contributed by atoms with Crippen molar-refractivity contribution in [3.8, 4) is 0 Å². The van der Waals surface area contributed by atoms with Gasteiger partial charge in [0, 0.05) is 50.2 Å². The van der Waals surface area contributed by atoms with Crippen LogP contribution in [0.15, 0.2) is 30.3 Å². The SMILES string of the molecule is Cc1cc(N2CCCc3ccccc32)nc(N2CCN(C)CC2)n1. The van der Waals surface area contributed by atoms with Crippen molar-refractivity contribution >= 4 is 17.5 Å². The normalized spacial score (nSPS) is 18.6. The molecule has 0 amide bonds. The van der Waals surface area contributed by atoms with E-state index in [0.717, 1.165) is 56.6 Å². The Bertz CT molecular complexity index is 721. The summed E-state index contributed by atoms with van der Waals surface area (Å²) in [5, 5.41) is 0. The maximum Gasteiger partial charge on any atom is 0.227 e. The van der Waals surface area contributed by atoms with Crippen molar-refractivity contribution in [2.24, 2.45) is 0 Å². The van der Waals surface area contributed by atoms with Gasteiger partial charge in [-0.2, -0.15) is 4.98 Å². The summed E-state index contributed by atoms with van der Waals surface area (Å²) in [5.41, 5.74) is 3.75. The average molecular weight is 323 g/mol. The van der Waals surface area contributed by atoms with Crippen LogP contribution in [-0.2, 0) is 6.42 Å². The highest BCUT2D eigenvalue weighted by molar-refractivity contribution is 5.66. The highest BCUT2D eigenvalue weighted by Gasteiger charge is 2.22. The first-order valence-electron chi connectivity index (χ1n) is 8.85. The number of hydrogen-bond acceptors (Lipinski definition) is 5. The van der Waals surface area contributed by atoms with Gasteiger partial charge in [0.15, 0.2) is 0 Å². The van der Waals surface area contributed by atoms with E-state index in [1.807, 2.05) is 0 Å². The Morgan fingerprint density at radius 2 is 1.75 bits per heavy atom. The summed E-state index contributed by atoms with van der Waals surface area (Å²) in [5.74, 6) is 1.91. The van der Waals surface area contributed by atoms with E-state index < -0.39 is 0 Å². The van der Waals surface area contributed by atoms with E-state index in [0.29, 0.717) is 0 Å². The second-order valence-corrected chi connectivity index (χ2v) is 6.84. The Labute approximate surface area is 143 Å². The number of hydrogen-bond donors (Lipinski definition) is 0. The molecule has 0 unspecified atom stereocenters. The van der Waals surface area contributed by atoms with Crippen LogP contribution in [0.4, 0.5) is 17.5 Å². The predicted octanol–water partition coefficient (Wildman–Crippen LogP) is 2.62. The van der Waals surface area contributed by atoms with Crippen molar-refractivity contribution in [2.45, 2.75) is 19.8 Å². The highest BCUT2D eigenvalue weighted by atomic mass is 15.3. The maximum atomic E-state index is 4.93. The minimum absolute atomic E-state index is 0.876. The summed E-state index contributed by atoms with van der Waals surface area (Å²) in [6.45, 7) is 7.22. The fourth-order valence-corrected chi connectivity index (χ4v) is 3.59. The van der Waals surface area contributed by atoms with Crippen molar-refractivity contribution < 1.29 is 0 Å². The molecule has 0 aliphatic carbocycles. The van der Waals surface area contributed by atoms with Gasteiger partial charge < -0.3 is 14.7 Å². The summed E-state index contributed by atoms with van der Waals surface area (Å²) in [7, 11) is 2.17. The Morgan fingerprint density at radius 1 is 0.958 bits per heavy atom. The first-order chi connectivity index (χ1) is 11.7. The number of aromatic nitrogens is 2. The molecule has 5 heteroatoms. The van der Waals surface area contributed by atoms with Gasteiger partial charge in [-0.25, -0.2) is 4.98 Å². The molecule has 0 bridgehead atoms. The van der Waals surface area contributed by atoms with Gasteiger partial charge >= 0.3 is 0 Å². The number of benzene rings is 1. The molecular formula is C19H25N5. The molecule has 0 saturated carbocycles. The third-order valence-electron chi connectivity index (χ3n) is 5.00. The van der Waals surface area contributed by atoms with Gasteiger partial charge in [-0.15, -0.1) is 0 Å². The van der Waals surface area contributed by atoms with E-state index in [1.165, 1.54) is 17.7 Å². The fourth-order valence-electron chi connectivity index (χ4n) is 3.59. The Kier molecular flexibility index (Phi) is 4.10. The Morgan fingerprint density at radius 3 is 2.58 bits per heavy atom. The largest absolute Gasteiger partial charge is 0.338 e. The quantitative estimate of drug-likeness (QED) is 0.849. The second kappa shape index (κ2) is 6.40. The molecule has 126 valence electrons. The smallest absolute Gasteiger partial charge is 0.227 e. The molecule has 2 aromatic rings. The topological polar surface area (TPSA) is 35.5 Å². The molecule has 1 aromatic carbocycles. The van der Waals surface area contributed by atoms with Gasteiger partial charge in [0.05, 0.1) is 0 Å². The number of rotatable bonds is 2. The lowest BCUT2D eigenvalue weighted by atomic mass is 10.0. The third-order valence-corrected chi connectivity index (χ3v) is 5.00. The standard InChI is InChI=1S/C19H25N5/c1-15-14-18(21-19(20-15)23-12-10-22(2)11-13-23)24-9-5-7-16-6-3-4-8-17(16)24/h3-4,6,8,14H,5,7,9-13H2,1-2H3. The lowest BCUT2D eigenvalue weighted by Crippen LogP contribution is -2.45. The molecule has 2 aliphatic rings. The van der Waals surface area contributed by atoms with Gasteiger partial charge in [0.25, 0.3) is 0 Å². The molecule has 1 fully saturated rings. The molecule has 4 rings (SSSR count). The minimum atomic E-state index is 0.876. The molecule has 2 aliphatic heterocycles. The van der Waals surface area contributed by atoms with Crippen molar-refractivity contribution in [1.82, 2.24) is 14.9 Å². The lowest BCUT2D eigenvalue weighted by molar-refractivity contribution is 0.311. The van der Waals surface area contributed by atoms with Crippen LogP contribution in [0.3, 0.4) is 0 Å². The fraction of sp³-hybridized carbons (Fsp3) is 0.474. The van der Waals surface area contributed by atoms with Gasteiger partial charge in [0.1, 0.15) is 5.82 Å². The zero-order valence-electron chi connectivity index (χ0n) is 14.6. The van der Waals surface area contributed by atoms with Crippen molar-refractivity contribution in [1.29, 1.82) is 0 Å². The molecule has 0 N–H and O–H groups in total. The molecule has 3 heterocycles. The molecule has 1 saturated heterocycles. The molecule has 1 aromatic heterocycles. The van der Waals surface area contributed by atoms with E-state index in [-0.39, 0.29) is 0 Å². The summed E-state index contributed by atoms with van der Waals surface area (Å²) >= 11 is 0. The predicted molar refractivity (Wildman–Crippen MR) is 98.2 cm³/mol. The highest BCUT2D eigenvalue weighted by Crippen LogP contribution is 2.33. The van der Waals surface area contributed by atoms with E-state index in [9.17, 15) is 0 Å². The molecule has 24 heavy (non-hydrogen) atoms. The monoisotopic (exact) mass is 323 g/mol. The minimum Gasteiger partial charge on any atom is -0.338 e. The van der Waals surface area contributed by atoms with Crippen LogP contribution in [-0.4, -0.2) is 54.6 Å². The number of fused-ring (bicyclic) bond motifs is 1. The van der Waals surface area contributed by atoms with Crippen molar-refractivity contribution in [2.75, 3.05) is 49.6 Å². The molecule has 0 spiro atoms. The van der Waals surface area contributed by atoms with E-state index in [2.05, 4.69) is 59.0 Å². The van der Waals surface area contributed by atoms with E-state index in [1.54, 1.807) is 0 Å². The van der Waals surface area contributed by atoms with Crippen molar-refractivity contribution in [3.05, 3.63) is 41.6 Å². The molecule has 5 nitrogen and oxygen atoms in total. The van der Waals surface area contributed by atoms with Gasteiger partial charge in [-0.3, -0.25) is 0 Å². The van der Waals surface area contributed by atoms with Crippen LogP contribution >= 0.6 is 0 Å². The number of para-hydroxylation sites is 1. The van der Waals surface area contributed by atoms with Gasteiger partial charge in [0.2, 0.25) is 5.95 Å². The van der Waals surface area contributed by atoms with Crippen LogP contribution in [0.25, 0.3) is 0 Å². The zero-order chi connectivity index (χ0) is 16.5. The summed E-state index contributed by atoms with van der Waals surface area (Å²) < 4.78 is 0. The lowest BCUT2D eigenvalue weighted by Gasteiger charge is -2.34. The van der Waals surface area contributed by atoms with Crippen molar-refractivity contribution in [3.63, 3.8) is 0 Å². The zero-order valence-corrected chi connectivity index (χ0v) is 14.6. The molecule has 0 radical (unpaired) electrons. The van der Waals surface area contributed by atoms with Crippen LogP contribution in [0, 0.1) is 6.92 Å².